The van der Waals surface area contributed by atoms with E-state index in [1.807, 2.05) is 83.5 Å². The lowest BCUT2D eigenvalue weighted by atomic mass is 10.1. The van der Waals surface area contributed by atoms with E-state index in [9.17, 15) is 10.1 Å². The summed E-state index contributed by atoms with van der Waals surface area (Å²) in [7, 11) is 1.87. The Morgan fingerprint density at radius 3 is 2.45 bits per heavy atom. The van der Waals surface area contributed by atoms with Crippen LogP contribution >= 0.6 is 0 Å². The average Bonchev–Trinajstić information content (AvgIpc) is 3.35. The maximum atomic E-state index is 12.6. The van der Waals surface area contributed by atoms with Gasteiger partial charge in [-0.05, 0) is 33.0 Å². The molecule has 0 saturated carbocycles. The molecule has 2 aromatic heterocycles. The van der Waals surface area contributed by atoms with Crippen LogP contribution in [0, 0.1) is 25.2 Å². The summed E-state index contributed by atoms with van der Waals surface area (Å²) in [6.07, 6.45) is 2.00. The normalized spacial score (nSPS) is 10.9. The standard InChI is InChI=1S/C26H25N5O2/c1-18-19(2)33-26(23(18)14-27)28-24(32)17-30(3)15-21-16-31(22-12-8-5-9-13-22)29-25(21)20-10-6-4-7-11-20/h4-13,16H,15,17H2,1-3H3,(H,28,32). The third-order valence-electron chi connectivity index (χ3n) is 5.46. The molecule has 166 valence electrons. The van der Waals surface area contributed by atoms with Crippen LogP contribution in [0.2, 0.25) is 0 Å². The molecule has 0 spiro atoms. The van der Waals surface area contributed by atoms with Crippen LogP contribution in [-0.4, -0.2) is 34.2 Å². The van der Waals surface area contributed by atoms with E-state index in [4.69, 9.17) is 9.52 Å². The molecule has 0 radical (unpaired) electrons. The molecule has 0 aliphatic carbocycles. The highest BCUT2D eigenvalue weighted by Crippen LogP contribution is 2.26. The minimum Gasteiger partial charge on any atom is -0.444 e. The van der Waals surface area contributed by atoms with Crippen LogP contribution in [-0.2, 0) is 11.3 Å². The summed E-state index contributed by atoms with van der Waals surface area (Å²) in [5, 5.41) is 16.9. The van der Waals surface area contributed by atoms with Crippen molar-refractivity contribution in [1.82, 2.24) is 14.7 Å². The van der Waals surface area contributed by atoms with Gasteiger partial charge in [-0.1, -0.05) is 48.5 Å². The number of amides is 1. The van der Waals surface area contributed by atoms with Crippen molar-refractivity contribution in [3.8, 4) is 23.0 Å². The number of nitriles is 1. The highest BCUT2D eigenvalue weighted by Gasteiger charge is 2.19. The van der Waals surface area contributed by atoms with E-state index < -0.39 is 0 Å². The number of nitrogens with zero attached hydrogens (tertiary/aromatic N) is 4. The monoisotopic (exact) mass is 439 g/mol. The van der Waals surface area contributed by atoms with Crippen LogP contribution in [0.5, 0.6) is 0 Å². The highest BCUT2D eigenvalue weighted by molar-refractivity contribution is 5.92. The third kappa shape index (κ3) is 4.86. The molecule has 2 aromatic carbocycles. The number of rotatable bonds is 7. The van der Waals surface area contributed by atoms with Crippen molar-refractivity contribution in [2.75, 3.05) is 18.9 Å². The molecule has 0 atom stereocenters. The van der Waals surface area contributed by atoms with E-state index in [1.165, 1.54) is 0 Å². The number of aryl methyl sites for hydroxylation is 1. The Labute approximate surface area is 192 Å². The summed E-state index contributed by atoms with van der Waals surface area (Å²) in [5.41, 5.74) is 4.95. The number of nitrogens with one attached hydrogen (secondary N) is 1. The molecule has 7 nitrogen and oxygen atoms in total. The number of anilines is 1. The quantitative estimate of drug-likeness (QED) is 0.451. The molecule has 0 bridgehead atoms. The summed E-state index contributed by atoms with van der Waals surface area (Å²) in [6.45, 7) is 4.22. The summed E-state index contributed by atoms with van der Waals surface area (Å²) in [6, 6.07) is 22.0. The Hall–Kier alpha value is -4.15. The zero-order chi connectivity index (χ0) is 23.4. The summed E-state index contributed by atoms with van der Waals surface area (Å²) < 4.78 is 7.41. The molecule has 4 rings (SSSR count). The van der Waals surface area contributed by atoms with Crippen LogP contribution < -0.4 is 5.32 Å². The van der Waals surface area contributed by atoms with Gasteiger partial charge < -0.3 is 4.42 Å². The van der Waals surface area contributed by atoms with Crippen molar-refractivity contribution < 1.29 is 9.21 Å². The van der Waals surface area contributed by atoms with Gasteiger partial charge in [-0.2, -0.15) is 10.4 Å². The number of likely N-dealkylation sites (N-methyl/N-ethyl adjacent to an activating group) is 1. The number of carbonyl (C=O) groups is 1. The molecule has 33 heavy (non-hydrogen) atoms. The first-order valence-corrected chi connectivity index (χ1v) is 10.6. The lowest BCUT2D eigenvalue weighted by Gasteiger charge is -2.15. The topological polar surface area (TPSA) is 87.1 Å². The number of benzene rings is 2. The van der Waals surface area contributed by atoms with Gasteiger partial charge in [0.1, 0.15) is 17.4 Å². The molecule has 0 unspecified atom stereocenters. The van der Waals surface area contributed by atoms with Crippen LogP contribution in [0.25, 0.3) is 16.9 Å². The van der Waals surface area contributed by atoms with E-state index in [0.29, 0.717) is 17.9 Å². The van der Waals surface area contributed by atoms with Crippen molar-refractivity contribution in [1.29, 1.82) is 5.26 Å². The van der Waals surface area contributed by atoms with Crippen LogP contribution in [0.4, 0.5) is 5.88 Å². The highest BCUT2D eigenvalue weighted by atomic mass is 16.4. The maximum Gasteiger partial charge on any atom is 0.240 e. The largest absolute Gasteiger partial charge is 0.444 e. The van der Waals surface area contributed by atoms with Gasteiger partial charge in [0.15, 0.2) is 0 Å². The van der Waals surface area contributed by atoms with Gasteiger partial charge in [0.2, 0.25) is 11.8 Å². The number of aromatic nitrogens is 2. The zero-order valence-electron chi connectivity index (χ0n) is 18.9. The molecule has 0 aliphatic rings. The SMILES string of the molecule is Cc1oc(NC(=O)CN(C)Cc2cn(-c3ccccc3)nc2-c2ccccc2)c(C#N)c1C. The molecule has 4 aromatic rings. The Bertz CT molecular complexity index is 1300. The summed E-state index contributed by atoms with van der Waals surface area (Å²) in [5.74, 6) is 0.572. The van der Waals surface area contributed by atoms with Gasteiger partial charge in [0.25, 0.3) is 0 Å². The molecule has 7 heteroatoms. The van der Waals surface area contributed by atoms with Crippen LogP contribution in [0.1, 0.15) is 22.5 Å². The van der Waals surface area contributed by atoms with E-state index in [2.05, 4.69) is 11.4 Å². The van der Waals surface area contributed by atoms with Crippen molar-refractivity contribution in [3.63, 3.8) is 0 Å². The Balaban J connectivity index is 1.53. The molecule has 1 N–H and O–H groups in total. The summed E-state index contributed by atoms with van der Waals surface area (Å²) in [4.78, 5) is 14.5. The first-order chi connectivity index (χ1) is 16.0. The Kier molecular flexibility index (Phi) is 6.38. The fraction of sp³-hybridized carbons (Fsp3) is 0.192. The van der Waals surface area contributed by atoms with Crippen LogP contribution in [0.3, 0.4) is 0 Å². The Morgan fingerprint density at radius 1 is 1.12 bits per heavy atom. The molecule has 0 aliphatic heterocycles. The van der Waals surface area contributed by atoms with Crippen molar-refractivity contribution in [2.24, 2.45) is 0 Å². The number of para-hydroxylation sites is 1. The smallest absolute Gasteiger partial charge is 0.240 e. The molecule has 2 heterocycles. The zero-order valence-corrected chi connectivity index (χ0v) is 18.9. The second-order valence-corrected chi connectivity index (χ2v) is 7.97. The number of furan rings is 1. The molecule has 1 amide bonds. The lowest BCUT2D eigenvalue weighted by Crippen LogP contribution is -2.30. The number of hydrogen-bond acceptors (Lipinski definition) is 5. The minimum absolute atomic E-state index is 0.133. The fourth-order valence-corrected chi connectivity index (χ4v) is 3.69. The first-order valence-electron chi connectivity index (χ1n) is 10.6. The molecular weight excluding hydrogens is 414 g/mol. The molecular formula is C26H25N5O2. The fourth-order valence-electron chi connectivity index (χ4n) is 3.69. The maximum absolute atomic E-state index is 12.6. The van der Waals surface area contributed by atoms with Gasteiger partial charge in [-0.25, -0.2) is 4.68 Å². The second-order valence-electron chi connectivity index (χ2n) is 7.97. The second kappa shape index (κ2) is 9.55. The third-order valence-corrected chi connectivity index (χ3v) is 5.46. The van der Waals surface area contributed by atoms with E-state index in [1.54, 1.807) is 13.8 Å². The van der Waals surface area contributed by atoms with E-state index >= 15 is 0 Å². The van der Waals surface area contributed by atoms with Crippen molar-refractivity contribution in [2.45, 2.75) is 20.4 Å². The lowest BCUT2D eigenvalue weighted by molar-refractivity contribution is -0.117. The van der Waals surface area contributed by atoms with Gasteiger partial charge in [0, 0.05) is 29.4 Å². The summed E-state index contributed by atoms with van der Waals surface area (Å²) >= 11 is 0. The molecule has 0 fully saturated rings. The predicted molar refractivity (Wildman–Crippen MR) is 127 cm³/mol. The number of hydrogen-bond donors (Lipinski definition) is 1. The van der Waals surface area contributed by atoms with Crippen molar-refractivity contribution in [3.05, 3.63) is 89.3 Å². The van der Waals surface area contributed by atoms with E-state index in [0.717, 1.165) is 28.1 Å². The Morgan fingerprint density at radius 2 is 1.79 bits per heavy atom. The van der Waals surface area contributed by atoms with Gasteiger partial charge in [-0.15, -0.1) is 0 Å². The van der Waals surface area contributed by atoms with Gasteiger partial charge in [-0.3, -0.25) is 15.0 Å². The molecule has 0 saturated heterocycles. The number of carbonyl (C=O) groups excluding carboxylic acids is 1. The van der Waals surface area contributed by atoms with Crippen molar-refractivity contribution >= 4 is 11.8 Å². The minimum atomic E-state index is -0.250. The first kappa shape index (κ1) is 22.1. The van der Waals surface area contributed by atoms with E-state index in [-0.39, 0.29) is 18.3 Å². The van der Waals surface area contributed by atoms with Gasteiger partial charge >= 0.3 is 0 Å². The van der Waals surface area contributed by atoms with Gasteiger partial charge in [0.05, 0.1) is 17.9 Å². The predicted octanol–water partition coefficient (Wildman–Crippen LogP) is 4.69. The van der Waals surface area contributed by atoms with Crippen LogP contribution in [0.15, 0.2) is 71.3 Å². The average molecular weight is 440 g/mol.